The molecule has 0 aliphatic heterocycles. The van der Waals surface area contributed by atoms with Gasteiger partial charge in [-0.2, -0.15) is 5.10 Å². The van der Waals surface area contributed by atoms with Gasteiger partial charge in [-0.25, -0.2) is 4.79 Å². The molecule has 0 atom stereocenters. The van der Waals surface area contributed by atoms with Crippen molar-refractivity contribution < 1.29 is 14.3 Å². The topological polar surface area (TPSA) is 79.1 Å². The third kappa shape index (κ3) is 2.28. The van der Waals surface area contributed by atoms with E-state index in [9.17, 15) is 4.79 Å². The number of nitrogens with zero attached hydrogens (tertiary/aromatic N) is 1. The van der Waals surface area contributed by atoms with Crippen molar-refractivity contribution in [3.8, 4) is 11.5 Å². The van der Waals surface area contributed by atoms with E-state index < -0.39 is 5.97 Å². The Hall–Kier alpha value is -2.30. The van der Waals surface area contributed by atoms with E-state index in [2.05, 4.69) is 10.2 Å². The third-order valence-corrected chi connectivity index (χ3v) is 2.35. The van der Waals surface area contributed by atoms with Gasteiger partial charge in [0.1, 0.15) is 11.5 Å². The molecule has 17 heavy (non-hydrogen) atoms. The summed E-state index contributed by atoms with van der Waals surface area (Å²) in [6, 6.07) is 3.64. The van der Waals surface area contributed by atoms with Gasteiger partial charge >= 0.3 is 5.97 Å². The van der Waals surface area contributed by atoms with E-state index in [-0.39, 0.29) is 5.57 Å². The molecule has 0 saturated carbocycles. The zero-order chi connectivity index (χ0) is 12.4. The van der Waals surface area contributed by atoms with Gasteiger partial charge in [-0.1, -0.05) is 0 Å². The normalized spacial score (nSPS) is 11.8. The minimum atomic E-state index is -0.951. The maximum atomic E-state index is 10.8. The van der Waals surface area contributed by atoms with Crippen molar-refractivity contribution in [3.05, 3.63) is 35.2 Å². The van der Waals surface area contributed by atoms with Crippen LogP contribution in [0.2, 0.25) is 0 Å². The Morgan fingerprint density at radius 2 is 2.29 bits per heavy atom. The summed E-state index contributed by atoms with van der Waals surface area (Å²) >= 11 is 0. The number of aromatic amines is 1. The quantitative estimate of drug-likeness (QED) is 0.797. The SMILES string of the molecule is CC(=Cc1c[nH]nc1-c1ccc(C)o1)C(=O)O. The van der Waals surface area contributed by atoms with Crippen molar-refractivity contribution in [2.24, 2.45) is 0 Å². The summed E-state index contributed by atoms with van der Waals surface area (Å²) in [6.07, 6.45) is 3.19. The molecule has 5 nitrogen and oxygen atoms in total. The van der Waals surface area contributed by atoms with Crippen LogP contribution in [0.25, 0.3) is 17.5 Å². The Morgan fingerprint density at radius 3 is 2.88 bits per heavy atom. The van der Waals surface area contributed by atoms with E-state index in [1.54, 1.807) is 18.3 Å². The van der Waals surface area contributed by atoms with Crippen molar-refractivity contribution >= 4 is 12.0 Å². The van der Waals surface area contributed by atoms with Gasteiger partial charge in [0.05, 0.1) is 0 Å². The van der Waals surface area contributed by atoms with Crippen molar-refractivity contribution in [1.29, 1.82) is 0 Å². The van der Waals surface area contributed by atoms with E-state index in [1.165, 1.54) is 6.92 Å². The standard InChI is InChI=1S/C12H12N2O3/c1-7(12(15)16)5-9-6-13-14-11(9)10-4-3-8(2)17-10/h3-6H,1-2H3,(H,13,14)(H,15,16). The smallest absolute Gasteiger partial charge is 0.331 e. The molecule has 2 N–H and O–H groups in total. The fourth-order valence-electron chi connectivity index (χ4n) is 1.46. The highest BCUT2D eigenvalue weighted by atomic mass is 16.4. The summed E-state index contributed by atoms with van der Waals surface area (Å²) in [7, 11) is 0. The summed E-state index contributed by atoms with van der Waals surface area (Å²) in [5.41, 5.74) is 1.55. The molecule has 0 bridgehead atoms. The third-order valence-electron chi connectivity index (χ3n) is 2.35. The van der Waals surface area contributed by atoms with Gasteiger partial charge in [-0.3, -0.25) is 5.10 Å². The second-order valence-corrected chi connectivity index (χ2v) is 3.73. The highest BCUT2D eigenvalue weighted by Crippen LogP contribution is 2.24. The molecule has 2 aromatic heterocycles. The summed E-state index contributed by atoms with van der Waals surface area (Å²) in [6.45, 7) is 3.38. The molecule has 0 spiro atoms. The summed E-state index contributed by atoms with van der Waals surface area (Å²) < 4.78 is 5.45. The van der Waals surface area contributed by atoms with Crippen LogP contribution in [0.15, 0.2) is 28.3 Å². The molecule has 0 unspecified atom stereocenters. The second-order valence-electron chi connectivity index (χ2n) is 3.73. The minimum absolute atomic E-state index is 0.246. The number of carboxylic acid groups (broad SMARTS) is 1. The predicted molar refractivity (Wildman–Crippen MR) is 62.3 cm³/mol. The van der Waals surface area contributed by atoms with Crippen molar-refractivity contribution in [2.75, 3.05) is 0 Å². The van der Waals surface area contributed by atoms with Crippen LogP contribution in [-0.4, -0.2) is 21.3 Å². The van der Waals surface area contributed by atoms with Crippen LogP contribution >= 0.6 is 0 Å². The van der Waals surface area contributed by atoms with Crippen molar-refractivity contribution in [3.63, 3.8) is 0 Å². The van der Waals surface area contributed by atoms with Crippen LogP contribution in [0.4, 0.5) is 0 Å². The fourth-order valence-corrected chi connectivity index (χ4v) is 1.46. The van der Waals surface area contributed by atoms with Crippen LogP contribution in [0.5, 0.6) is 0 Å². The van der Waals surface area contributed by atoms with Crippen LogP contribution in [0, 0.1) is 6.92 Å². The molecular formula is C12H12N2O3. The Morgan fingerprint density at radius 1 is 1.53 bits per heavy atom. The Labute approximate surface area is 97.8 Å². The molecule has 2 rings (SSSR count). The van der Waals surface area contributed by atoms with Crippen LogP contribution in [-0.2, 0) is 4.79 Å². The van der Waals surface area contributed by atoms with Gasteiger partial charge in [0.15, 0.2) is 5.76 Å². The molecule has 88 valence electrons. The number of rotatable bonds is 3. The van der Waals surface area contributed by atoms with Crippen LogP contribution in [0.3, 0.4) is 0 Å². The van der Waals surface area contributed by atoms with Gasteiger partial charge in [-0.05, 0) is 32.1 Å². The summed E-state index contributed by atoms with van der Waals surface area (Å²) in [5, 5.41) is 15.6. The number of furan rings is 1. The van der Waals surface area contributed by atoms with E-state index in [0.717, 1.165) is 5.76 Å². The van der Waals surface area contributed by atoms with Gasteiger partial charge in [0.25, 0.3) is 0 Å². The zero-order valence-electron chi connectivity index (χ0n) is 9.52. The number of aliphatic carboxylic acids is 1. The first-order valence-corrected chi connectivity index (χ1v) is 5.10. The molecule has 2 heterocycles. The Balaban J connectivity index is 2.42. The zero-order valence-corrected chi connectivity index (χ0v) is 9.52. The first-order chi connectivity index (χ1) is 8.08. The van der Waals surface area contributed by atoms with E-state index in [1.807, 2.05) is 13.0 Å². The van der Waals surface area contributed by atoms with Gasteiger partial charge in [-0.15, -0.1) is 0 Å². The lowest BCUT2D eigenvalue weighted by Gasteiger charge is -1.95. The molecule has 0 saturated heterocycles. The molecule has 0 aliphatic carbocycles. The Bertz CT molecular complexity index is 578. The average Bonchev–Trinajstić information content (AvgIpc) is 2.86. The average molecular weight is 232 g/mol. The second kappa shape index (κ2) is 4.29. The molecule has 0 aromatic carbocycles. The van der Waals surface area contributed by atoms with Gasteiger partial charge in [0.2, 0.25) is 0 Å². The van der Waals surface area contributed by atoms with Crippen LogP contribution < -0.4 is 0 Å². The number of hydrogen-bond donors (Lipinski definition) is 2. The Kier molecular flexibility index (Phi) is 2.82. The molecule has 0 fully saturated rings. The largest absolute Gasteiger partial charge is 0.478 e. The number of H-pyrrole nitrogens is 1. The lowest BCUT2D eigenvalue weighted by molar-refractivity contribution is -0.132. The fraction of sp³-hybridized carbons (Fsp3) is 0.167. The van der Waals surface area contributed by atoms with Gasteiger partial charge < -0.3 is 9.52 Å². The molecule has 0 aliphatic rings. The monoisotopic (exact) mass is 232 g/mol. The van der Waals surface area contributed by atoms with Crippen molar-refractivity contribution in [2.45, 2.75) is 13.8 Å². The molecule has 2 aromatic rings. The highest BCUT2D eigenvalue weighted by Gasteiger charge is 2.11. The van der Waals surface area contributed by atoms with Crippen LogP contribution in [0.1, 0.15) is 18.2 Å². The molecule has 0 radical (unpaired) electrons. The number of aryl methyl sites for hydroxylation is 1. The van der Waals surface area contributed by atoms with E-state index in [4.69, 9.17) is 9.52 Å². The minimum Gasteiger partial charge on any atom is -0.478 e. The summed E-state index contributed by atoms with van der Waals surface area (Å²) in [5.74, 6) is 0.453. The first kappa shape index (κ1) is 11.2. The van der Waals surface area contributed by atoms with Crippen molar-refractivity contribution in [1.82, 2.24) is 10.2 Å². The maximum absolute atomic E-state index is 10.8. The lowest BCUT2D eigenvalue weighted by atomic mass is 10.1. The number of carbonyl (C=O) groups is 1. The predicted octanol–water partition coefficient (Wildman–Crippen LogP) is 2.47. The van der Waals surface area contributed by atoms with E-state index >= 15 is 0 Å². The molecular weight excluding hydrogens is 220 g/mol. The molecule has 0 amide bonds. The number of carboxylic acids is 1. The number of nitrogens with one attached hydrogen (secondary N) is 1. The maximum Gasteiger partial charge on any atom is 0.331 e. The first-order valence-electron chi connectivity index (χ1n) is 5.10. The lowest BCUT2D eigenvalue weighted by Crippen LogP contribution is -1.95. The van der Waals surface area contributed by atoms with Gasteiger partial charge in [0, 0.05) is 17.3 Å². The van der Waals surface area contributed by atoms with E-state index in [0.29, 0.717) is 17.0 Å². The highest BCUT2D eigenvalue weighted by molar-refractivity contribution is 5.92. The summed E-state index contributed by atoms with van der Waals surface area (Å²) in [4.78, 5) is 10.8. The number of hydrogen-bond acceptors (Lipinski definition) is 3. The number of aromatic nitrogens is 2. The molecule has 5 heteroatoms.